The van der Waals surface area contributed by atoms with Crippen LogP contribution in [0.4, 0.5) is 0 Å². The van der Waals surface area contributed by atoms with Gasteiger partial charge in [0.2, 0.25) is 5.91 Å². The number of rotatable bonds is 3. The lowest BCUT2D eigenvalue weighted by Crippen LogP contribution is -2.32. The first-order valence-electron chi connectivity index (χ1n) is 8.20. The van der Waals surface area contributed by atoms with Crippen molar-refractivity contribution in [2.24, 2.45) is 0 Å². The van der Waals surface area contributed by atoms with E-state index in [9.17, 15) is 9.59 Å². The molecule has 5 nitrogen and oxygen atoms in total. The van der Waals surface area contributed by atoms with Crippen LogP contribution in [0.5, 0.6) is 0 Å². The van der Waals surface area contributed by atoms with Crippen molar-refractivity contribution in [3.05, 3.63) is 70.1 Å². The standard InChI is InChI=1S/C19H17N3O2S/c23-18(20-15-9-10-25-17-8-4-3-7-14(15)17)11-16-12-5-1-2-6-13(12)19(24)22-21-16/h1-8,15H,9-11H2,(H,20,23)(H,22,24). The van der Waals surface area contributed by atoms with Crippen molar-refractivity contribution >= 4 is 28.4 Å². The monoisotopic (exact) mass is 351 g/mol. The quantitative estimate of drug-likeness (QED) is 0.761. The highest BCUT2D eigenvalue weighted by molar-refractivity contribution is 7.99. The summed E-state index contributed by atoms with van der Waals surface area (Å²) in [6.07, 6.45) is 1.05. The van der Waals surface area contributed by atoms with Crippen molar-refractivity contribution in [1.29, 1.82) is 0 Å². The van der Waals surface area contributed by atoms with Gasteiger partial charge in [-0.05, 0) is 24.1 Å². The predicted octanol–water partition coefficient (Wildman–Crippen LogP) is 2.82. The minimum Gasteiger partial charge on any atom is -0.349 e. The average molecular weight is 351 g/mol. The van der Waals surface area contributed by atoms with Gasteiger partial charge >= 0.3 is 0 Å². The Balaban J connectivity index is 1.56. The van der Waals surface area contributed by atoms with E-state index in [0.717, 1.165) is 17.6 Å². The Bertz CT molecular complexity index is 999. The summed E-state index contributed by atoms with van der Waals surface area (Å²) in [5, 5.41) is 11.0. The molecule has 1 unspecified atom stereocenters. The van der Waals surface area contributed by atoms with Crippen LogP contribution in [-0.4, -0.2) is 21.9 Å². The Morgan fingerprint density at radius 1 is 1.16 bits per heavy atom. The summed E-state index contributed by atoms with van der Waals surface area (Å²) in [6.45, 7) is 0. The molecule has 1 aromatic heterocycles. The molecular formula is C19H17N3O2S. The molecule has 2 heterocycles. The van der Waals surface area contributed by atoms with Crippen LogP contribution in [-0.2, 0) is 11.2 Å². The van der Waals surface area contributed by atoms with E-state index in [0.29, 0.717) is 11.1 Å². The SMILES string of the molecule is O=C(Cc1n[nH]c(=O)c2ccccc12)NC1CCSc2ccccc21. The van der Waals surface area contributed by atoms with Crippen molar-refractivity contribution in [1.82, 2.24) is 15.5 Å². The Labute approximate surface area is 148 Å². The molecular weight excluding hydrogens is 334 g/mol. The maximum absolute atomic E-state index is 12.6. The van der Waals surface area contributed by atoms with Crippen LogP contribution in [0, 0.1) is 0 Å². The fraction of sp³-hybridized carbons (Fsp3) is 0.211. The number of thioether (sulfide) groups is 1. The summed E-state index contributed by atoms with van der Waals surface area (Å²) in [6, 6.07) is 15.4. The summed E-state index contributed by atoms with van der Waals surface area (Å²) in [4.78, 5) is 25.6. The zero-order valence-electron chi connectivity index (χ0n) is 13.5. The van der Waals surface area contributed by atoms with Gasteiger partial charge in [-0.25, -0.2) is 5.10 Å². The summed E-state index contributed by atoms with van der Waals surface area (Å²) < 4.78 is 0. The zero-order chi connectivity index (χ0) is 17.2. The normalized spacial score (nSPS) is 16.4. The predicted molar refractivity (Wildman–Crippen MR) is 98.7 cm³/mol. The van der Waals surface area contributed by atoms with E-state index in [4.69, 9.17) is 0 Å². The van der Waals surface area contributed by atoms with Crippen LogP contribution < -0.4 is 10.9 Å². The van der Waals surface area contributed by atoms with Crippen LogP contribution in [0.15, 0.2) is 58.2 Å². The highest BCUT2D eigenvalue weighted by Gasteiger charge is 2.22. The molecule has 1 amide bonds. The van der Waals surface area contributed by atoms with Crippen molar-refractivity contribution < 1.29 is 4.79 Å². The second kappa shape index (κ2) is 6.72. The number of aromatic nitrogens is 2. The molecule has 0 radical (unpaired) electrons. The number of carbonyl (C=O) groups excluding carboxylic acids is 1. The maximum atomic E-state index is 12.6. The Kier molecular flexibility index (Phi) is 4.28. The van der Waals surface area contributed by atoms with Gasteiger partial charge in [0.15, 0.2) is 0 Å². The van der Waals surface area contributed by atoms with Gasteiger partial charge in [0.25, 0.3) is 5.56 Å². The summed E-state index contributed by atoms with van der Waals surface area (Å²) in [5.41, 5.74) is 1.52. The lowest BCUT2D eigenvalue weighted by molar-refractivity contribution is -0.121. The molecule has 0 saturated carbocycles. The lowest BCUT2D eigenvalue weighted by atomic mass is 10.0. The van der Waals surface area contributed by atoms with Gasteiger partial charge in [-0.3, -0.25) is 9.59 Å². The van der Waals surface area contributed by atoms with E-state index >= 15 is 0 Å². The van der Waals surface area contributed by atoms with Crippen molar-refractivity contribution in [3.63, 3.8) is 0 Å². The van der Waals surface area contributed by atoms with E-state index in [1.807, 2.05) is 36.0 Å². The third-order valence-corrected chi connectivity index (χ3v) is 5.52. The molecule has 0 spiro atoms. The fourth-order valence-electron chi connectivity index (χ4n) is 3.20. The third kappa shape index (κ3) is 3.17. The highest BCUT2D eigenvalue weighted by atomic mass is 32.2. The molecule has 4 rings (SSSR count). The average Bonchev–Trinajstić information content (AvgIpc) is 2.65. The Morgan fingerprint density at radius 3 is 2.80 bits per heavy atom. The van der Waals surface area contributed by atoms with E-state index in [1.54, 1.807) is 12.1 Å². The first-order chi connectivity index (χ1) is 12.2. The van der Waals surface area contributed by atoms with E-state index in [2.05, 4.69) is 27.6 Å². The summed E-state index contributed by atoms with van der Waals surface area (Å²) in [5.74, 6) is 0.901. The highest BCUT2D eigenvalue weighted by Crippen LogP contribution is 2.35. The van der Waals surface area contributed by atoms with Gasteiger partial charge in [-0.1, -0.05) is 36.4 Å². The number of hydrogen-bond donors (Lipinski definition) is 2. The van der Waals surface area contributed by atoms with Crippen molar-refractivity contribution in [2.75, 3.05) is 5.75 Å². The molecule has 0 fully saturated rings. The van der Waals surface area contributed by atoms with Gasteiger partial charge < -0.3 is 5.32 Å². The number of benzene rings is 2. The molecule has 6 heteroatoms. The number of fused-ring (bicyclic) bond motifs is 2. The number of H-pyrrole nitrogens is 1. The second-order valence-corrected chi connectivity index (χ2v) is 7.15. The largest absolute Gasteiger partial charge is 0.349 e. The topological polar surface area (TPSA) is 74.8 Å². The number of nitrogens with one attached hydrogen (secondary N) is 2. The van der Waals surface area contributed by atoms with Gasteiger partial charge in [-0.15, -0.1) is 11.8 Å². The number of amides is 1. The van der Waals surface area contributed by atoms with Gasteiger partial charge in [0.1, 0.15) is 0 Å². The molecule has 0 aliphatic carbocycles. The van der Waals surface area contributed by atoms with Gasteiger partial charge in [0.05, 0.1) is 23.5 Å². The lowest BCUT2D eigenvalue weighted by Gasteiger charge is -2.25. The molecule has 1 aliphatic rings. The van der Waals surface area contributed by atoms with Crippen LogP contribution in [0.3, 0.4) is 0 Å². The fourth-order valence-corrected chi connectivity index (χ4v) is 4.32. The number of nitrogens with zero attached hydrogens (tertiary/aromatic N) is 1. The van der Waals surface area contributed by atoms with E-state index < -0.39 is 0 Å². The molecule has 2 N–H and O–H groups in total. The van der Waals surface area contributed by atoms with Gasteiger partial charge in [0, 0.05) is 16.0 Å². The smallest absolute Gasteiger partial charge is 0.272 e. The minimum atomic E-state index is -0.238. The summed E-state index contributed by atoms with van der Waals surface area (Å²) >= 11 is 1.82. The Hall–Kier alpha value is -2.60. The van der Waals surface area contributed by atoms with Gasteiger partial charge in [-0.2, -0.15) is 5.10 Å². The minimum absolute atomic E-state index is 0.0268. The summed E-state index contributed by atoms with van der Waals surface area (Å²) in [7, 11) is 0. The number of hydrogen-bond acceptors (Lipinski definition) is 4. The number of carbonyl (C=O) groups is 1. The first-order valence-corrected chi connectivity index (χ1v) is 9.18. The van der Waals surface area contributed by atoms with E-state index in [-0.39, 0.29) is 23.9 Å². The van der Waals surface area contributed by atoms with E-state index in [1.165, 1.54) is 10.5 Å². The van der Waals surface area contributed by atoms with Crippen LogP contribution in [0.25, 0.3) is 10.8 Å². The van der Waals surface area contributed by atoms with Crippen LogP contribution in [0.1, 0.15) is 23.7 Å². The third-order valence-electron chi connectivity index (χ3n) is 4.40. The van der Waals surface area contributed by atoms with Crippen molar-refractivity contribution in [2.45, 2.75) is 23.8 Å². The maximum Gasteiger partial charge on any atom is 0.272 e. The second-order valence-electron chi connectivity index (χ2n) is 6.02. The number of aromatic amines is 1. The molecule has 3 aromatic rings. The van der Waals surface area contributed by atoms with Crippen LogP contribution in [0.2, 0.25) is 0 Å². The molecule has 25 heavy (non-hydrogen) atoms. The van der Waals surface area contributed by atoms with Crippen LogP contribution >= 0.6 is 11.8 Å². The Morgan fingerprint density at radius 2 is 1.92 bits per heavy atom. The van der Waals surface area contributed by atoms with Crippen molar-refractivity contribution in [3.8, 4) is 0 Å². The molecule has 0 saturated heterocycles. The first kappa shape index (κ1) is 15.9. The molecule has 126 valence electrons. The zero-order valence-corrected chi connectivity index (χ0v) is 14.3. The molecule has 2 aromatic carbocycles. The molecule has 1 atom stereocenters. The molecule has 0 bridgehead atoms. The molecule has 1 aliphatic heterocycles.